The van der Waals surface area contributed by atoms with E-state index in [1.54, 1.807) is 12.3 Å². The van der Waals surface area contributed by atoms with Crippen molar-refractivity contribution in [3.05, 3.63) is 23.9 Å². The van der Waals surface area contributed by atoms with Crippen molar-refractivity contribution in [2.75, 3.05) is 38.5 Å². The molecule has 0 radical (unpaired) electrons. The summed E-state index contributed by atoms with van der Waals surface area (Å²) in [5.41, 5.74) is 6.54. The fourth-order valence-electron chi connectivity index (χ4n) is 2.20. The molecule has 0 atom stereocenters. The van der Waals surface area contributed by atoms with E-state index < -0.39 is 0 Å². The van der Waals surface area contributed by atoms with Gasteiger partial charge < -0.3 is 11.1 Å². The summed E-state index contributed by atoms with van der Waals surface area (Å²) in [6, 6.07) is 3.61. The number of carbonyl (C=O) groups is 1. The molecular weight excluding hydrogens is 228 g/mol. The zero-order valence-corrected chi connectivity index (χ0v) is 10.6. The van der Waals surface area contributed by atoms with Gasteiger partial charge in [-0.25, -0.2) is 4.98 Å². The van der Waals surface area contributed by atoms with Crippen molar-refractivity contribution < 1.29 is 4.79 Å². The second-order valence-electron chi connectivity index (χ2n) is 4.68. The molecule has 0 bridgehead atoms. The van der Waals surface area contributed by atoms with Crippen LogP contribution in [-0.2, 0) is 11.2 Å². The highest BCUT2D eigenvalue weighted by molar-refractivity contribution is 5.82. The van der Waals surface area contributed by atoms with Crippen LogP contribution in [0, 0.1) is 0 Å². The first-order chi connectivity index (χ1) is 8.74. The van der Waals surface area contributed by atoms with Gasteiger partial charge in [0.1, 0.15) is 5.82 Å². The van der Waals surface area contributed by atoms with Gasteiger partial charge in [-0.1, -0.05) is 0 Å². The predicted octanol–water partition coefficient (Wildman–Crippen LogP) is 0.0707. The SMILES string of the molecule is Nc1cc(CC(=O)CN2CCCNCC2)ccn1. The Labute approximate surface area is 107 Å². The minimum Gasteiger partial charge on any atom is -0.384 e. The van der Waals surface area contributed by atoms with Crippen molar-refractivity contribution in [3.63, 3.8) is 0 Å². The Bertz CT molecular complexity index is 400. The minimum absolute atomic E-state index is 0.238. The number of rotatable bonds is 4. The molecule has 0 unspecified atom stereocenters. The first-order valence-corrected chi connectivity index (χ1v) is 6.39. The third kappa shape index (κ3) is 4.09. The van der Waals surface area contributed by atoms with Crippen LogP contribution in [-0.4, -0.2) is 48.4 Å². The molecule has 1 aliphatic heterocycles. The van der Waals surface area contributed by atoms with Gasteiger partial charge in [0.15, 0.2) is 5.78 Å². The van der Waals surface area contributed by atoms with E-state index >= 15 is 0 Å². The maximum Gasteiger partial charge on any atom is 0.151 e. The zero-order chi connectivity index (χ0) is 12.8. The van der Waals surface area contributed by atoms with Gasteiger partial charge in [0.05, 0.1) is 6.54 Å². The Kier molecular flexibility index (Phi) is 4.66. The minimum atomic E-state index is 0.238. The molecule has 0 aliphatic carbocycles. The maximum absolute atomic E-state index is 12.0. The molecule has 2 rings (SSSR count). The summed E-state index contributed by atoms with van der Waals surface area (Å²) in [6.45, 7) is 4.49. The smallest absolute Gasteiger partial charge is 0.151 e. The van der Waals surface area contributed by atoms with Crippen molar-refractivity contribution in [2.24, 2.45) is 0 Å². The second-order valence-corrected chi connectivity index (χ2v) is 4.68. The predicted molar refractivity (Wildman–Crippen MR) is 71.3 cm³/mol. The number of nitrogen functional groups attached to an aromatic ring is 1. The van der Waals surface area contributed by atoms with Crippen molar-refractivity contribution in [2.45, 2.75) is 12.8 Å². The van der Waals surface area contributed by atoms with Gasteiger partial charge in [-0.2, -0.15) is 0 Å². The Hall–Kier alpha value is -1.46. The molecule has 2 heterocycles. The molecular formula is C13H20N4O. The van der Waals surface area contributed by atoms with Gasteiger partial charge in [-0.3, -0.25) is 9.69 Å². The summed E-state index contributed by atoms with van der Waals surface area (Å²) in [5.74, 6) is 0.710. The van der Waals surface area contributed by atoms with E-state index in [2.05, 4.69) is 15.2 Å². The average Bonchev–Trinajstić information content (AvgIpc) is 2.57. The van der Waals surface area contributed by atoms with Crippen LogP contribution in [0.1, 0.15) is 12.0 Å². The van der Waals surface area contributed by atoms with E-state index in [-0.39, 0.29) is 5.78 Å². The van der Waals surface area contributed by atoms with Gasteiger partial charge in [-0.15, -0.1) is 0 Å². The van der Waals surface area contributed by atoms with Crippen molar-refractivity contribution in [1.29, 1.82) is 0 Å². The van der Waals surface area contributed by atoms with Crippen LogP contribution >= 0.6 is 0 Å². The third-order valence-corrected chi connectivity index (χ3v) is 3.08. The Morgan fingerprint density at radius 3 is 3.17 bits per heavy atom. The number of anilines is 1. The van der Waals surface area contributed by atoms with E-state index in [4.69, 9.17) is 5.73 Å². The van der Waals surface area contributed by atoms with E-state index in [1.165, 1.54) is 0 Å². The number of aromatic nitrogens is 1. The van der Waals surface area contributed by atoms with Crippen molar-refractivity contribution in [1.82, 2.24) is 15.2 Å². The van der Waals surface area contributed by atoms with Crippen LogP contribution in [0.2, 0.25) is 0 Å². The number of nitrogens with two attached hydrogens (primary N) is 1. The summed E-state index contributed by atoms with van der Waals surface area (Å²) in [6.07, 6.45) is 3.19. The molecule has 1 saturated heterocycles. The lowest BCUT2D eigenvalue weighted by Gasteiger charge is -2.18. The van der Waals surface area contributed by atoms with Crippen LogP contribution in [0.5, 0.6) is 0 Å². The summed E-state index contributed by atoms with van der Waals surface area (Å²) in [4.78, 5) is 18.1. The van der Waals surface area contributed by atoms with Crippen LogP contribution < -0.4 is 11.1 Å². The first-order valence-electron chi connectivity index (χ1n) is 6.39. The normalized spacial score (nSPS) is 17.3. The summed E-state index contributed by atoms with van der Waals surface area (Å²) in [7, 11) is 0. The number of hydrogen-bond acceptors (Lipinski definition) is 5. The number of nitrogens with one attached hydrogen (secondary N) is 1. The molecule has 0 saturated carbocycles. The highest BCUT2D eigenvalue weighted by atomic mass is 16.1. The highest BCUT2D eigenvalue weighted by Gasteiger charge is 2.13. The number of ketones is 1. The molecule has 5 nitrogen and oxygen atoms in total. The van der Waals surface area contributed by atoms with Crippen LogP contribution in [0.25, 0.3) is 0 Å². The second kappa shape index (κ2) is 6.47. The Morgan fingerprint density at radius 2 is 2.33 bits per heavy atom. The molecule has 1 aromatic heterocycles. The highest BCUT2D eigenvalue weighted by Crippen LogP contribution is 2.05. The summed E-state index contributed by atoms with van der Waals surface area (Å²) < 4.78 is 0. The number of hydrogen-bond donors (Lipinski definition) is 2. The number of nitrogens with zero attached hydrogens (tertiary/aromatic N) is 2. The molecule has 1 aliphatic rings. The lowest BCUT2D eigenvalue weighted by Crippen LogP contribution is -2.33. The topological polar surface area (TPSA) is 71.2 Å². The maximum atomic E-state index is 12.0. The molecule has 0 spiro atoms. The number of Topliss-reactive ketones (excluding diaryl/α,β-unsaturated/α-hetero) is 1. The lowest BCUT2D eigenvalue weighted by molar-refractivity contribution is -0.119. The lowest BCUT2D eigenvalue weighted by atomic mass is 10.1. The standard InChI is InChI=1S/C13H20N4O/c14-13-9-11(2-4-16-13)8-12(18)10-17-6-1-3-15-5-7-17/h2,4,9,15H,1,3,5-8,10H2,(H2,14,16). The molecule has 98 valence electrons. The van der Waals surface area contributed by atoms with Gasteiger partial charge >= 0.3 is 0 Å². The zero-order valence-electron chi connectivity index (χ0n) is 10.6. The van der Waals surface area contributed by atoms with Crippen LogP contribution in [0.4, 0.5) is 5.82 Å². The van der Waals surface area contributed by atoms with Gasteiger partial charge in [0.2, 0.25) is 0 Å². The van der Waals surface area contributed by atoms with E-state index in [0.29, 0.717) is 18.8 Å². The fourth-order valence-corrected chi connectivity index (χ4v) is 2.20. The van der Waals surface area contributed by atoms with Gasteiger partial charge in [-0.05, 0) is 37.2 Å². The fraction of sp³-hybridized carbons (Fsp3) is 0.538. The quantitative estimate of drug-likeness (QED) is 0.789. The van der Waals surface area contributed by atoms with Crippen LogP contribution in [0.15, 0.2) is 18.3 Å². The summed E-state index contributed by atoms with van der Waals surface area (Å²) >= 11 is 0. The molecule has 18 heavy (non-hydrogen) atoms. The number of pyridine rings is 1. The van der Waals surface area contributed by atoms with E-state index in [9.17, 15) is 4.79 Å². The van der Waals surface area contributed by atoms with Gasteiger partial charge in [0.25, 0.3) is 0 Å². The van der Waals surface area contributed by atoms with Gasteiger partial charge in [0, 0.05) is 25.7 Å². The van der Waals surface area contributed by atoms with Crippen LogP contribution in [0.3, 0.4) is 0 Å². The third-order valence-electron chi connectivity index (χ3n) is 3.08. The van der Waals surface area contributed by atoms with E-state index in [1.807, 2.05) is 6.07 Å². The Morgan fingerprint density at radius 1 is 1.44 bits per heavy atom. The summed E-state index contributed by atoms with van der Waals surface area (Å²) in [5, 5.41) is 3.33. The molecule has 5 heteroatoms. The monoisotopic (exact) mass is 248 g/mol. The molecule has 1 fully saturated rings. The van der Waals surface area contributed by atoms with Crippen molar-refractivity contribution >= 4 is 11.6 Å². The largest absolute Gasteiger partial charge is 0.384 e. The Balaban J connectivity index is 1.84. The van der Waals surface area contributed by atoms with E-state index in [0.717, 1.165) is 38.2 Å². The molecule has 3 N–H and O–H groups in total. The number of carbonyl (C=O) groups excluding carboxylic acids is 1. The van der Waals surface area contributed by atoms with Crippen molar-refractivity contribution in [3.8, 4) is 0 Å². The average molecular weight is 248 g/mol. The molecule has 1 aromatic rings. The first kappa shape index (κ1) is 13.0. The molecule has 0 aromatic carbocycles. The molecule has 0 amide bonds.